The zero-order valence-corrected chi connectivity index (χ0v) is 39.8. The van der Waals surface area contributed by atoms with Crippen LogP contribution in [0.15, 0.2) is 83.4 Å². The fourth-order valence-corrected chi connectivity index (χ4v) is 10.9. The van der Waals surface area contributed by atoms with Crippen LogP contribution in [0.2, 0.25) is 5.02 Å². The summed E-state index contributed by atoms with van der Waals surface area (Å²) in [6.07, 6.45) is -3.21. The zero-order chi connectivity index (χ0) is 49.1. The normalized spacial score (nSPS) is 21.8. The van der Waals surface area contributed by atoms with Crippen LogP contribution in [0.25, 0.3) is 16.6 Å². The highest BCUT2D eigenvalue weighted by Crippen LogP contribution is 2.46. The average molecular weight is 1010 g/mol. The second-order valence-corrected chi connectivity index (χ2v) is 21.1. The number of pyridine rings is 1. The van der Waals surface area contributed by atoms with Crippen molar-refractivity contribution in [3.8, 4) is 11.6 Å². The van der Waals surface area contributed by atoms with E-state index in [1.807, 2.05) is 16.9 Å². The number of ether oxygens (including phenoxy) is 4. The van der Waals surface area contributed by atoms with Crippen molar-refractivity contribution in [1.82, 2.24) is 19.6 Å². The summed E-state index contributed by atoms with van der Waals surface area (Å²) in [5.41, 5.74) is 3.93. The Morgan fingerprint density at radius 2 is 1.80 bits per heavy atom. The monoisotopic (exact) mass is 1010 g/mol. The van der Waals surface area contributed by atoms with Crippen molar-refractivity contribution in [1.29, 1.82) is 0 Å². The summed E-state index contributed by atoms with van der Waals surface area (Å²) in [5, 5.41) is 16.6. The number of aromatic amines is 1. The standard InChI is InChI=1S/C48H50ClF3N8O9S/c1-47(2)11-9-30(35(23-47)28-3-5-31(49)6-4-28)24-57-13-15-58(16-14-57)32-7-8-34(37(20-32)59-25-42(48(50,51)52)69-46-39(59)19-29-10-12-53-44(29)55-46)45(61)56-70(64,65)33-21-38(60(62)63)43-40(22-33)68-26-36(54-43)41-27-66-17-18-67-41/h3-8,10,12,19-22,36,41-42,54H,9,11,13-18,23-27H2,1-2H3,(H,53,55)(H,56,61)/t36-,41-,42-/m0/s1. The lowest BCUT2D eigenvalue weighted by Crippen LogP contribution is -2.48. The number of halogens is 4. The molecule has 1 amide bonds. The van der Waals surface area contributed by atoms with E-state index < -0.39 is 62.4 Å². The van der Waals surface area contributed by atoms with Crippen LogP contribution < -0.4 is 29.3 Å². The molecule has 2 fully saturated rings. The van der Waals surface area contributed by atoms with E-state index in [9.17, 15) is 36.5 Å². The first-order valence-corrected chi connectivity index (χ1v) is 24.8. The molecule has 0 bridgehead atoms. The number of sulfonamides is 1. The number of rotatable bonds is 10. The SMILES string of the molecule is CC1(C)CCC(CN2CCN(c3ccc(C(=O)NS(=O)(=O)c4cc5c(c([N+](=O)[O-])c4)N[C@H]([C@@H]4COCCO4)CO5)c(N4C[C@@H](C(F)(F)F)Oc5nc6[nH]ccc6cc54)c3)CC2)=C(c2ccc(Cl)cc2)C1. The van der Waals surface area contributed by atoms with Gasteiger partial charge in [0.05, 0.1) is 53.5 Å². The molecular weight excluding hydrogens is 957 g/mol. The highest BCUT2D eigenvalue weighted by molar-refractivity contribution is 7.90. The third-order valence-electron chi connectivity index (χ3n) is 13.6. The number of allylic oxidation sites excluding steroid dienone is 1. The summed E-state index contributed by atoms with van der Waals surface area (Å²) < 4.78 is 96.8. The lowest BCUT2D eigenvalue weighted by atomic mass is 9.72. The van der Waals surface area contributed by atoms with Gasteiger partial charge in [0.2, 0.25) is 12.0 Å². The molecule has 0 unspecified atom stereocenters. The second-order valence-electron chi connectivity index (χ2n) is 18.9. The Labute approximate surface area is 406 Å². The summed E-state index contributed by atoms with van der Waals surface area (Å²) in [4.78, 5) is 38.4. The van der Waals surface area contributed by atoms with Gasteiger partial charge in [-0.1, -0.05) is 43.2 Å². The number of piperazine rings is 1. The number of hydrogen-bond donors (Lipinski definition) is 3. The Hall–Kier alpha value is -6.13. The van der Waals surface area contributed by atoms with E-state index in [-0.39, 0.29) is 58.5 Å². The molecular formula is C48H50ClF3N8O9S. The van der Waals surface area contributed by atoms with E-state index in [0.29, 0.717) is 55.5 Å². The van der Waals surface area contributed by atoms with Crippen molar-refractivity contribution in [2.75, 3.05) is 80.8 Å². The van der Waals surface area contributed by atoms with Crippen LogP contribution in [-0.2, 0) is 19.5 Å². The average Bonchev–Trinajstić information content (AvgIpc) is 3.80. The third kappa shape index (κ3) is 9.68. The number of aromatic nitrogens is 2. The second kappa shape index (κ2) is 18.6. The van der Waals surface area contributed by atoms with Crippen molar-refractivity contribution in [3.05, 3.63) is 105 Å². The van der Waals surface area contributed by atoms with Gasteiger partial charge >= 0.3 is 6.18 Å². The molecule has 6 heterocycles. The molecule has 3 aromatic carbocycles. The largest absolute Gasteiger partial charge is 0.489 e. The summed E-state index contributed by atoms with van der Waals surface area (Å²) >= 11 is 6.25. The molecule has 3 N–H and O–H groups in total. The van der Waals surface area contributed by atoms with E-state index in [1.54, 1.807) is 30.5 Å². The maximum absolute atomic E-state index is 14.7. The Bertz CT molecular complexity index is 2990. The van der Waals surface area contributed by atoms with Crippen LogP contribution >= 0.6 is 11.6 Å². The van der Waals surface area contributed by atoms with Gasteiger partial charge in [-0.15, -0.1) is 0 Å². The topological polar surface area (TPSA) is 194 Å². The van der Waals surface area contributed by atoms with Crippen LogP contribution in [0.5, 0.6) is 11.6 Å². The Balaban J connectivity index is 0.962. The Morgan fingerprint density at radius 3 is 2.53 bits per heavy atom. The van der Waals surface area contributed by atoms with E-state index >= 15 is 0 Å². The van der Waals surface area contributed by atoms with Crippen LogP contribution in [0.1, 0.15) is 49.0 Å². The smallest absolute Gasteiger partial charge is 0.427 e. The number of nitrogens with zero attached hydrogens (tertiary/aromatic N) is 5. The van der Waals surface area contributed by atoms with Gasteiger partial charge in [0.15, 0.2) is 11.4 Å². The quantitative estimate of drug-likeness (QED) is 0.0898. The van der Waals surface area contributed by atoms with Gasteiger partial charge in [0.25, 0.3) is 21.6 Å². The van der Waals surface area contributed by atoms with Gasteiger partial charge in [-0.2, -0.15) is 18.2 Å². The molecule has 1 aliphatic carbocycles. The number of nitro groups is 1. The van der Waals surface area contributed by atoms with Gasteiger partial charge in [-0.25, -0.2) is 13.1 Å². The maximum atomic E-state index is 14.7. The summed E-state index contributed by atoms with van der Waals surface area (Å²) in [5.74, 6) is -1.69. The van der Waals surface area contributed by atoms with E-state index in [4.69, 9.17) is 30.5 Å². The molecule has 22 heteroatoms. The molecule has 70 heavy (non-hydrogen) atoms. The fourth-order valence-electron chi connectivity index (χ4n) is 9.81. The summed E-state index contributed by atoms with van der Waals surface area (Å²) in [6.45, 7) is 7.83. The zero-order valence-electron chi connectivity index (χ0n) is 38.2. The maximum Gasteiger partial charge on any atom is 0.427 e. The van der Waals surface area contributed by atoms with Crippen molar-refractivity contribution in [2.45, 2.75) is 62.4 Å². The predicted octanol–water partition coefficient (Wildman–Crippen LogP) is 8.08. The number of nitro benzene ring substituents is 1. The van der Waals surface area contributed by atoms with E-state index in [1.165, 1.54) is 22.1 Å². The van der Waals surface area contributed by atoms with Crippen molar-refractivity contribution in [3.63, 3.8) is 0 Å². The van der Waals surface area contributed by atoms with Gasteiger partial charge < -0.3 is 39.0 Å². The molecule has 3 atom stereocenters. The Morgan fingerprint density at radius 1 is 1.01 bits per heavy atom. The minimum Gasteiger partial charge on any atom is -0.489 e. The predicted molar refractivity (Wildman–Crippen MR) is 256 cm³/mol. The van der Waals surface area contributed by atoms with Gasteiger partial charge in [-0.3, -0.25) is 19.8 Å². The molecule has 10 rings (SSSR count). The molecule has 0 spiro atoms. The molecule has 4 aliphatic heterocycles. The molecule has 5 aliphatic rings. The molecule has 5 aromatic rings. The number of hydrogen-bond acceptors (Lipinski definition) is 14. The van der Waals surface area contributed by atoms with Gasteiger partial charge in [-0.05, 0) is 78.3 Å². The van der Waals surface area contributed by atoms with Crippen molar-refractivity contribution in [2.24, 2.45) is 5.41 Å². The lowest BCUT2D eigenvalue weighted by molar-refractivity contribution is -0.384. The number of alkyl halides is 3. The van der Waals surface area contributed by atoms with Crippen molar-refractivity contribution >= 4 is 72.6 Å². The number of carbonyl (C=O) groups is 1. The fraction of sp³-hybridized carbons (Fsp3) is 0.417. The van der Waals surface area contributed by atoms with Gasteiger partial charge in [0.1, 0.15) is 24.0 Å². The van der Waals surface area contributed by atoms with Crippen molar-refractivity contribution < 1.29 is 50.3 Å². The molecule has 2 saturated heterocycles. The first kappa shape index (κ1) is 47.5. The highest BCUT2D eigenvalue weighted by Gasteiger charge is 2.47. The van der Waals surface area contributed by atoms with Crippen LogP contribution in [0, 0.1) is 15.5 Å². The molecule has 0 saturated carbocycles. The van der Waals surface area contributed by atoms with Gasteiger partial charge in [0, 0.05) is 67.1 Å². The number of benzene rings is 3. The number of amides is 1. The lowest BCUT2D eigenvalue weighted by Gasteiger charge is -2.40. The minimum absolute atomic E-state index is 0.0372. The highest BCUT2D eigenvalue weighted by atomic mass is 35.5. The number of anilines is 4. The first-order chi connectivity index (χ1) is 33.4. The number of fused-ring (bicyclic) bond motifs is 3. The number of H-pyrrole nitrogens is 1. The van der Waals surface area contributed by atoms with E-state index in [2.05, 4.69) is 51.1 Å². The van der Waals surface area contributed by atoms with Crippen LogP contribution in [-0.4, -0.2) is 124 Å². The molecule has 370 valence electrons. The van der Waals surface area contributed by atoms with Crippen LogP contribution in [0.3, 0.4) is 0 Å². The first-order valence-electron chi connectivity index (χ1n) is 22.9. The van der Waals surface area contributed by atoms with E-state index in [0.717, 1.165) is 43.5 Å². The third-order valence-corrected chi connectivity index (χ3v) is 15.2. The Kier molecular flexibility index (Phi) is 12.6. The number of nitrogens with one attached hydrogen (secondary N) is 3. The number of carbonyl (C=O) groups excluding carboxylic acids is 1. The molecule has 17 nitrogen and oxygen atoms in total. The summed E-state index contributed by atoms with van der Waals surface area (Å²) in [6, 6.07) is 17.1. The minimum atomic E-state index is -4.90. The molecule has 0 radical (unpaired) electrons. The molecule has 2 aromatic heterocycles. The van der Waals surface area contributed by atoms with Crippen LogP contribution in [0.4, 0.5) is 41.6 Å². The summed E-state index contributed by atoms with van der Waals surface area (Å²) in [7, 11) is -4.90.